The lowest BCUT2D eigenvalue weighted by atomic mass is 10.1. The van der Waals surface area contributed by atoms with Crippen LogP contribution in [0.25, 0.3) is 4.85 Å². The number of nitrogens with two attached hydrogens (primary N) is 1. The SMILES string of the molecule is CC[N+]#CC(N)c1ccccc1. The molecule has 0 aromatic heterocycles. The molecule has 0 spiro atoms. The van der Waals surface area contributed by atoms with Crippen molar-refractivity contribution in [2.45, 2.75) is 13.0 Å². The van der Waals surface area contributed by atoms with Crippen LogP contribution < -0.4 is 5.73 Å². The quantitative estimate of drug-likeness (QED) is 0.671. The Morgan fingerprint density at radius 1 is 1.42 bits per heavy atom. The summed E-state index contributed by atoms with van der Waals surface area (Å²) in [5.74, 6) is 0. The molecule has 2 heteroatoms. The van der Waals surface area contributed by atoms with Crippen LogP contribution in [-0.2, 0) is 0 Å². The van der Waals surface area contributed by atoms with Crippen molar-refractivity contribution in [2.24, 2.45) is 5.73 Å². The molecule has 0 fully saturated rings. The number of nitrogens with zero attached hydrogens (tertiary/aromatic N) is 1. The molecule has 1 aromatic rings. The van der Waals surface area contributed by atoms with E-state index in [2.05, 4.69) is 10.9 Å². The van der Waals surface area contributed by atoms with Crippen molar-refractivity contribution < 1.29 is 0 Å². The zero-order valence-electron chi connectivity index (χ0n) is 7.20. The third kappa shape index (κ3) is 2.37. The molecule has 62 valence electrons. The topological polar surface area (TPSA) is 30.4 Å². The molecule has 0 saturated carbocycles. The van der Waals surface area contributed by atoms with Gasteiger partial charge >= 0.3 is 0 Å². The lowest BCUT2D eigenvalue weighted by Crippen LogP contribution is -2.06. The van der Waals surface area contributed by atoms with E-state index in [1.807, 2.05) is 37.3 Å². The molecule has 1 aromatic carbocycles. The molecule has 12 heavy (non-hydrogen) atoms. The molecule has 2 N–H and O–H groups in total. The van der Waals surface area contributed by atoms with E-state index in [-0.39, 0.29) is 6.04 Å². The fraction of sp³-hybridized carbons (Fsp3) is 0.300. The summed E-state index contributed by atoms with van der Waals surface area (Å²) >= 11 is 0. The van der Waals surface area contributed by atoms with Crippen molar-refractivity contribution in [1.82, 2.24) is 0 Å². The van der Waals surface area contributed by atoms with E-state index in [1.54, 1.807) is 0 Å². The molecule has 1 rings (SSSR count). The molecule has 0 radical (unpaired) electrons. The van der Waals surface area contributed by atoms with Gasteiger partial charge in [0, 0.05) is 6.92 Å². The fourth-order valence-corrected chi connectivity index (χ4v) is 0.925. The Hall–Kier alpha value is -1.33. The van der Waals surface area contributed by atoms with Gasteiger partial charge in [0.1, 0.15) is 0 Å². The van der Waals surface area contributed by atoms with Crippen LogP contribution in [0.5, 0.6) is 0 Å². The molecular weight excluding hydrogens is 148 g/mol. The van der Waals surface area contributed by atoms with Crippen LogP contribution in [0.1, 0.15) is 18.5 Å². The monoisotopic (exact) mass is 161 g/mol. The summed E-state index contributed by atoms with van der Waals surface area (Å²) in [5, 5.41) is 0. The average molecular weight is 161 g/mol. The van der Waals surface area contributed by atoms with Gasteiger partial charge in [-0.25, -0.2) is 0 Å². The van der Waals surface area contributed by atoms with Crippen LogP contribution in [-0.4, -0.2) is 6.54 Å². The third-order valence-corrected chi connectivity index (χ3v) is 1.55. The fourth-order valence-electron chi connectivity index (χ4n) is 0.925. The Morgan fingerprint density at radius 3 is 2.67 bits per heavy atom. The van der Waals surface area contributed by atoms with E-state index in [1.165, 1.54) is 0 Å². The normalized spacial score (nSPS) is 11.5. The maximum atomic E-state index is 5.78. The zero-order chi connectivity index (χ0) is 8.81. The highest BCUT2D eigenvalue weighted by molar-refractivity contribution is 5.24. The Balaban J connectivity index is 2.72. The van der Waals surface area contributed by atoms with Crippen molar-refractivity contribution in [1.29, 1.82) is 0 Å². The molecule has 0 aliphatic heterocycles. The van der Waals surface area contributed by atoms with E-state index < -0.39 is 0 Å². The minimum absolute atomic E-state index is 0.189. The summed E-state index contributed by atoms with van der Waals surface area (Å²) in [7, 11) is 0. The van der Waals surface area contributed by atoms with Crippen LogP contribution in [0, 0.1) is 6.07 Å². The van der Waals surface area contributed by atoms with Gasteiger partial charge in [-0.1, -0.05) is 35.2 Å². The van der Waals surface area contributed by atoms with Crippen LogP contribution in [0.15, 0.2) is 30.3 Å². The predicted octanol–water partition coefficient (Wildman–Crippen LogP) is 2.04. The van der Waals surface area contributed by atoms with Gasteiger partial charge in [0.25, 0.3) is 12.6 Å². The van der Waals surface area contributed by atoms with E-state index in [4.69, 9.17) is 5.73 Å². The van der Waals surface area contributed by atoms with Gasteiger partial charge in [0.05, 0.1) is 0 Å². The highest BCUT2D eigenvalue weighted by Gasteiger charge is 2.05. The zero-order valence-corrected chi connectivity index (χ0v) is 7.20. The summed E-state index contributed by atoms with van der Waals surface area (Å²) < 4.78 is 0. The van der Waals surface area contributed by atoms with Crippen LogP contribution in [0.4, 0.5) is 0 Å². The molecule has 0 aliphatic carbocycles. The minimum atomic E-state index is -0.189. The molecule has 0 heterocycles. The van der Waals surface area contributed by atoms with Crippen molar-refractivity contribution in [3.63, 3.8) is 0 Å². The lowest BCUT2D eigenvalue weighted by Gasteiger charge is -1.97. The first-order valence-electron chi connectivity index (χ1n) is 4.07. The standard InChI is InChI=1S/C10H13N2/c1-2-12-8-10(11)9-6-4-3-5-7-9/h3-7,10H,2,11H2,1H3/q+1. The van der Waals surface area contributed by atoms with Gasteiger partial charge in [0.2, 0.25) is 0 Å². The summed E-state index contributed by atoms with van der Waals surface area (Å²) in [5.41, 5.74) is 6.83. The highest BCUT2D eigenvalue weighted by atomic mass is 14.7. The van der Waals surface area contributed by atoms with Crippen LogP contribution in [0.3, 0.4) is 0 Å². The van der Waals surface area contributed by atoms with Crippen molar-refractivity contribution in [3.8, 4) is 6.07 Å². The maximum absolute atomic E-state index is 5.78. The van der Waals surface area contributed by atoms with E-state index >= 15 is 0 Å². The van der Waals surface area contributed by atoms with Crippen LogP contribution >= 0.6 is 0 Å². The van der Waals surface area contributed by atoms with Crippen molar-refractivity contribution in [2.75, 3.05) is 6.54 Å². The molecule has 1 unspecified atom stereocenters. The number of hydrogen-bond donors (Lipinski definition) is 1. The average Bonchev–Trinajstić information content (AvgIpc) is 2.15. The molecule has 0 bridgehead atoms. The molecule has 1 atom stereocenters. The van der Waals surface area contributed by atoms with Gasteiger partial charge in [-0.05, 0) is 5.56 Å². The van der Waals surface area contributed by atoms with Crippen molar-refractivity contribution >= 4 is 0 Å². The molecule has 0 aliphatic rings. The lowest BCUT2D eigenvalue weighted by molar-refractivity contribution is 0.940. The first-order valence-corrected chi connectivity index (χ1v) is 4.07. The number of rotatable bonds is 1. The third-order valence-electron chi connectivity index (χ3n) is 1.55. The molecule has 0 saturated heterocycles. The second kappa shape index (κ2) is 4.53. The predicted molar refractivity (Wildman–Crippen MR) is 51.2 cm³/mol. The van der Waals surface area contributed by atoms with E-state index in [0.717, 1.165) is 12.1 Å². The van der Waals surface area contributed by atoms with Gasteiger partial charge in [-0.3, -0.25) is 0 Å². The summed E-state index contributed by atoms with van der Waals surface area (Å²) in [6.45, 7) is 2.70. The molecule has 0 amide bonds. The van der Waals surface area contributed by atoms with Crippen LogP contribution in [0.2, 0.25) is 0 Å². The Kier molecular flexibility index (Phi) is 3.31. The second-order valence-corrected chi connectivity index (χ2v) is 2.49. The Labute approximate surface area is 72.8 Å². The van der Waals surface area contributed by atoms with Gasteiger partial charge in [-0.2, -0.15) is 0 Å². The first kappa shape index (κ1) is 8.76. The largest absolute Gasteiger partial charge is 0.309 e. The summed E-state index contributed by atoms with van der Waals surface area (Å²) in [4.78, 5) is 3.97. The highest BCUT2D eigenvalue weighted by Crippen LogP contribution is 2.07. The maximum Gasteiger partial charge on any atom is 0.296 e. The van der Waals surface area contributed by atoms with Gasteiger partial charge < -0.3 is 5.73 Å². The minimum Gasteiger partial charge on any atom is -0.309 e. The smallest absolute Gasteiger partial charge is 0.296 e. The number of hydrogen-bond acceptors (Lipinski definition) is 1. The number of benzene rings is 1. The van der Waals surface area contributed by atoms with Crippen molar-refractivity contribution in [3.05, 3.63) is 40.7 Å². The van der Waals surface area contributed by atoms with Gasteiger partial charge in [0.15, 0.2) is 6.04 Å². The first-order chi connectivity index (χ1) is 5.84. The Morgan fingerprint density at radius 2 is 2.08 bits per heavy atom. The summed E-state index contributed by atoms with van der Waals surface area (Å²) in [6, 6.07) is 12.5. The molecular formula is C10H13N2+. The van der Waals surface area contributed by atoms with Gasteiger partial charge in [-0.15, -0.1) is 0 Å². The molecule has 2 nitrogen and oxygen atoms in total. The summed E-state index contributed by atoms with van der Waals surface area (Å²) in [6.07, 6.45) is 0. The van der Waals surface area contributed by atoms with E-state index in [9.17, 15) is 0 Å². The second-order valence-electron chi connectivity index (χ2n) is 2.49. The Bertz CT molecular complexity index is 282. The van der Waals surface area contributed by atoms with E-state index in [0.29, 0.717) is 0 Å².